The lowest BCUT2D eigenvalue weighted by atomic mass is 10.1. The van der Waals surface area contributed by atoms with E-state index in [4.69, 9.17) is 4.74 Å². The van der Waals surface area contributed by atoms with E-state index in [-0.39, 0.29) is 11.8 Å². The van der Waals surface area contributed by atoms with Crippen LogP contribution < -0.4 is 10.1 Å². The molecule has 130 valence electrons. The maximum Gasteiger partial charge on any atom is 0.225 e. The summed E-state index contributed by atoms with van der Waals surface area (Å²) in [6, 6.07) is 5.47. The predicted octanol–water partition coefficient (Wildman–Crippen LogP) is 2.42. The molecule has 0 bridgehead atoms. The summed E-state index contributed by atoms with van der Waals surface area (Å²) in [5, 5.41) is 16.4. The minimum Gasteiger partial charge on any atom is -0.481 e. The molecule has 8 heteroatoms. The van der Waals surface area contributed by atoms with E-state index >= 15 is 0 Å². The molecule has 0 saturated heterocycles. The van der Waals surface area contributed by atoms with Gasteiger partial charge >= 0.3 is 0 Å². The van der Waals surface area contributed by atoms with Crippen LogP contribution >= 0.6 is 0 Å². The number of carbonyl (C=O) groups is 1. The number of nitrogens with one attached hydrogen (secondary N) is 1. The smallest absolute Gasteiger partial charge is 0.225 e. The van der Waals surface area contributed by atoms with Gasteiger partial charge in [0.25, 0.3) is 0 Å². The average molecular weight is 340 g/mol. The van der Waals surface area contributed by atoms with Crippen molar-refractivity contribution < 1.29 is 9.53 Å². The van der Waals surface area contributed by atoms with Crippen LogP contribution in [0.25, 0.3) is 22.3 Å². The molecular weight excluding hydrogens is 320 g/mol. The summed E-state index contributed by atoms with van der Waals surface area (Å²) < 4.78 is 6.67. The summed E-state index contributed by atoms with van der Waals surface area (Å²) in [4.78, 5) is 16.3. The highest BCUT2D eigenvalue weighted by Gasteiger charge is 2.15. The number of carbonyl (C=O) groups excluding carboxylic acids is 1. The van der Waals surface area contributed by atoms with E-state index in [0.29, 0.717) is 29.5 Å². The third kappa shape index (κ3) is 3.57. The fourth-order valence-corrected chi connectivity index (χ4v) is 2.49. The molecule has 3 heterocycles. The van der Waals surface area contributed by atoms with Crippen LogP contribution in [0.1, 0.15) is 20.3 Å². The molecule has 0 radical (unpaired) electrons. The van der Waals surface area contributed by atoms with E-state index in [9.17, 15) is 4.79 Å². The monoisotopic (exact) mass is 340 g/mol. The van der Waals surface area contributed by atoms with Gasteiger partial charge in [-0.15, -0.1) is 10.2 Å². The number of methoxy groups -OCH3 is 1. The SMILES string of the molecule is COc1ccc(-c2cc3c(NC(=O)CC(C)C)nn(C)c3nn2)cn1. The molecule has 8 nitrogen and oxygen atoms in total. The Balaban J connectivity index is 1.97. The van der Waals surface area contributed by atoms with Crippen molar-refractivity contribution in [3.05, 3.63) is 24.4 Å². The largest absolute Gasteiger partial charge is 0.481 e. The Labute approximate surface area is 145 Å². The van der Waals surface area contributed by atoms with Gasteiger partial charge in [-0.05, 0) is 18.1 Å². The first kappa shape index (κ1) is 16.8. The summed E-state index contributed by atoms with van der Waals surface area (Å²) in [5.41, 5.74) is 2.05. The molecule has 3 aromatic rings. The Morgan fingerprint density at radius 1 is 1.32 bits per heavy atom. The molecule has 25 heavy (non-hydrogen) atoms. The number of hydrogen-bond acceptors (Lipinski definition) is 6. The number of pyridine rings is 1. The van der Waals surface area contributed by atoms with Crippen molar-refractivity contribution in [2.24, 2.45) is 13.0 Å². The van der Waals surface area contributed by atoms with E-state index in [1.54, 1.807) is 31.1 Å². The lowest BCUT2D eigenvalue weighted by Gasteiger charge is -2.05. The second-order valence-electron chi connectivity index (χ2n) is 6.17. The number of nitrogens with zero attached hydrogens (tertiary/aromatic N) is 5. The lowest BCUT2D eigenvalue weighted by Crippen LogP contribution is -2.14. The number of rotatable bonds is 5. The zero-order valence-corrected chi connectivity index (χ0v) is 14.6. The Bertz CT molecular complexity index is 901. The number of amides is 1. The summed E-state index contributed by atoms with van der Waals surface area (Å²) in [6.07, 6.45) is 2.11. The Kier molecular flexibility index (Phi) is 4.60. The van der Waals surface area contributed by atoms with E-state index < -0.39 is 0 Å². The van der Waals surface area contributed by atoms with Crippen molar-refractivity contribution in [3.8, 4) is 17.1 Å². The van der Waals surface area contributed by atoms with Crippen molar-refractivity contribution in [3.63, 3.8) is 0 Å². The predicted molar refractivity (Wildman–Crippen MR) is 94.2 cm³/mol. The maximum atomic E-state index is 12.1. The van der Waals surface area contributed by atoms with Crippen LogP contribution in [0.4, 0.5) is 5.82 Å². The van der Waals surface area contributed by atoms with Crippen molar-refractivity contribution in [1.29, 1.82) is 0 Å². The van der Waals surface area contributed by atoms with Crippen molar-refractivity contribution in [2.45, 2.75) is 20.3 Å². The van der Waals surface area contributed by atoms with Gasteiger partial charge in [0.15, 0.2) is 11.5 Å². The van der Waals surface area contributed by atoms with Crippen LogP contribution in [-0.4, -0.2) is 38.0 Å². The van der Waals surface area contributed by atoms with Gasteiger partial charge in [-0.3, -0.25) is 4.79 Å². The van der Waals surface area contributed by atoms with E-state index in [0.717, 1.165) is 10.9 Å². The standard InChI is InChI=1S/C17H20N6O2/c1-10(2)7-14(24)19-16-12-8-13(20-21-17(12)23(3)22-16)11-5-6-15(25-4)18-9-11/h5-6,8-10H,7H2,1-4H3,(H,19,22,24). The molecule has 1 amide bonds. The Morgan fingerprint density at radius 3 is 2.76 bits per heavy atom. The second kappa shape index (κ2) is 6.84. The summed E-state index contributed by atoms with van der Waals surface area (Å²) in [6.45, 7) is 3.99. The molecule has 1 N–H and O–H groups in total. The topological polar surface area (TPSA) is 94.8 Å². The molecule has 3 rings (SSSR count). The summed E-state index contributed by atoms with van der Waals surface area (Å²) >= 11 is 0. The molecule has 0 aliphatic carbocycles. The third-order valence-electron chi connectivity index (χ3n) is 3.68. The first-order valence-corrected chi connectivity index (χ1v) is 7.98. The fraction of sp³-hybridized carbons (Fsp3) is 0.353. The molecule has 0 saturated carbocycles. The molecule has 3 aromatic heterocycles. The number of fused-ring (bicyclic) bond motifs is 1. The normalized spacial score (nSPS) is 11.1. The number of aromatic nitrogens is 5. The first-order chi connectivity index (χ1) is 12.0. The Hall–Kier alpha value is -3.03. The average Bonchev–Trinajstić information content (AvgIpc) is 2.89. The van der Waals surface area contributed by atoms with Gasteiger partial charge in [0.05, 0.1) is 18.2 Å². The van der Waals surface area contributed by atoms with Gasteiger partial charge < -0.3 is 10.1 Å². The third-order valence-corrected chi connectivity index (χ3v) is 3.68. The highest BCUT2D eigenvalue weighted by Crippen LogP contribution is 2.26. The first-order valence-electron chi connectivity index (χ1n) is 7.98. The van der Waals surface area contributed by atoms with E-state index in [1.165, 1.54) is 0 Å². The molecule has 0 spiro atoms. The number of anilines is 1. The second-order valence-corrected chi connectivity index (χ2v) is 6.17. The van der Waals surface area contributed by atoms with Crippen LogP contribution in [0.5, 0.6) is 5.88 Å². The van der Waals surface area contributed by atoms with Crippen molar-refractivity contribution >= 4 is 22.8 Å². The number of aryl methyl sites for hydroxylation is 1. The van der Waals surface area contributed by atoms with E-state index in [1.807, 2.05) is 26.0 Å². The molecule has 0 fully saturated rings. The van der Waals surface area contributed by atoms with E-state index in [2.05, 4.69) is 25.6 Å². The highest BCUT2D eigenvalue weighted by atomic mass is 16.5. The zero-order valence-electron chi connectivity index (χ0n) is 14.6. The quantitative estimate of drug-likeness (QED) is 0.766. The molecule has 0 unspecified atom stereocenters. The molecular formula is C17H20N6O2. The van der Waals surface area contributed by atoms with Gasteiger partial charge in [-0.1, -0.05) is 13.8 Å². The Morgan fingerprint density at radius 2 is 2.12 bits per heavy atom. The van der Waals surface area contributed by atoms with Gasteiger partial charge in [0.1, 0.15) is 0 Å². The lowest BCUT2D eigenvalue weighted by molar-refractivity contribution is -0.116. The number of hydrogen-bond donors (Lipinski definition) is 1. The maximum absolute atomic E-state index is 12.1. The molecule has 0 atom stereocenters. The zero-order chi connectivity index (χ0) is 18.0. The van der Waals surface area contributed by atoms with Crippen LogP contribution in [-0.2, 0) is 11.8 Å². The van der Waals surface area contributed by atoms with Crippen LogP contribution in [0.2, 0.25) is 0 Å². The molecule has 0 aliphatic heterocycles. The fourth-order valence-electron chi connectivity index (χ4n) is 2.49. The van der Waals surface area contributed by atoms with Crippen molar-refractivity contribution in [2.75, 3.05) is 12.4 Å². The van der Waals surface area contributed by atoms with Crippen LogP contribution in [0, 0.1) is 5.92 Å². The van der Waals surface area contributed by atoms with Gasteiger partial charge in [0, 0.05) is 31.3 Å². The van der Waals surface area contributed by atoms with Crippen LogP contribution in [0.15, 0.2) is 24.4 Å². The summed E-state index contributed by atoms with van der Waals surface area (Å²) in [5.74, 6) is 1.22. The van der Waals surface area contributed by atoms with Gasteiger partial charge in [0.2, 0.25) is 11.8 Å². The van der Waals surface area contributed by atoms with Crippen molar-refractivity contribution in [1.82, 2.24) is 25.0 Å². The number of ether oxygens (including phenoxy) is 1. The summed E-state index contributed by atoms with van der Waals surface area (Å²) in [7, 11) is 3.33. The molecule has 0 aliphatic rings. The minimum atomic E-state index is -0.0699. The van der Waals surface area contributed by atoms with Crippen LogP contribution in [0.3, 0.4) is 0 Å². The van der Waals surface area contributed by atoms with Gasteiger partial charge in [-0.2, -0.15) is 5.10 Å². The van der Waals surface area contributed by atoms with Gasteiger partial charge in [-0.25, -0.2) is 9.67 Å². The molecule has 0 aromatic carbocycles. The minimum absolute atomic E-state index is 0.0699. The highest BCUT2D eigenvalue weighted by molar-refractivity contribution is 5.99.